The zero-order valence-electron chi connectivity index (χ0n) is 10.2. The van der Waals surface area contributed by atoms with Crippen molar-refractivity contribution in [3.63, 3.8) is 0 Å². The SMILES string of the molecule is O=C(OC1C2CC3C1OS(=O)(=O)C3C2)C(F)(F)SOOO. The Morgan fingerprint density at radius 1 is 1.38 bits per heavy atom. The molecule has 0 radical (unpaired) electrons. The Morgan fingerprint density at radius 3 is 2.76 bits per heavy atom. The van der Waals surface area contributed by atoms with Crippen LogP contribution in [0.5, 0.6) is 0 Å². The summed E-state index contributed by atoms with van der Waals surface area (Å²) in [6.45, 7) is 0. The molecule has 8 nitrogen and oxygen atoms in total. The second-order valence-corrected chi connectivity index (χ2v) is 7.70. The number of esters is 1. The number of rotatable bonds is 5. The van der Waals surface area contributed by atoms with Gasteiger partial charge >= 0.3 is 11.2 Å². The Bertz CT molecular complexity index is 552. The van der Waals surface area contributed by atoms with Crippen molar-refractivity contribution in [2.24, 2.45) is 11.8 Å². The first-order valence-corrected chi connectivity index (χ1v) is 8.14. The van der Waals surface area contributed by atoms with Crippen molar-refractivity contribution >= 4 is 28.1 Å². The summed E-state index contributed by atoms with van der Waals surface area (Å²) in [5, 5.41) is 6.06. The molecule has 12 heteroatoms. The molecule has 0 aromatic rings. The van der Waals surface area contributed by atoms with Crippen molar-refractivity contribution in [1.29, 1.82) is 0 Å². The summed E-state index contributed by atoms with van der Waals surface area (Å²) in [5.41, 5.74) is 0. The van der Waals surface area contributed by atoms with E-state index in [0.717, 1.165) is 0 Å². The monoisotopic (exact) mass is 348 g/mol. The van der Waals surface area contributed by atoms with Crippen LogP contribution in [0.3, 0.4) is 0 Å². The van der Waals surface area contributed by atoms with Gasteiger partial charge in [-0.25, -0.2) is 10.1 Å². The standard InChI is InChI=1S/C9H10F2O8S2/c10-9(11,20-19-18-13)8(12)16-6-3-1-4-5(2-3)21(14,15)17-7(4)6/h3-7,13H,1-2H2. The zero-order valence-corrected chi connectivity index (χ0v) is 11.8. The fourth-order valence-corrected chi connectivity index (χ4v) is 5.44. The van der Waals surface area contributed by atoms with E-state index in [1.54, 1.807) is 0 Å². The highest BCUT2D eigenvalue weighted by Crippen LogP contribution is 2.55. The van der Waals surface area contributed by atoms with Crippen molar-refractivity contribution in [2.75, 3.05) is 0 Å². The molecule has 3 rings (SSSR count). The quantitative estimate of drug-likeness (QED) is 0.252. The fourth-order valence-electron chi connectivity index (χ4n) is 3.33. The average molecular weight is 348 g/mol. The Hall–Kier alpha value is -0.530. The van der Waals surface area contributed by atoms with Gasteiger partial charge in [-0.05, 0) is 12.8 Å². The van der Waals surface area contributed by atoms with Crippen LogP contribution in [-0.4, -0.2) is 42.4 Å². The maximum Gasteiger partial charge on any atom is 0.415 e. The van der Waals surface area contributed by atoms with E-state index in [1.807, 2.05) is 0 Å². The lowest BCUT2D eigenvalue weighted by molar-refractivity contribution is -0.433. The van der Waals surface area contributed by atoms with Crippen molar-refractivity contribution < 1.29 is 45.5 Å². The third-order valence-corrected chi connectivity index (χ3v) is 6.34. The lowest BCUT2D eigenvalue weighted by Crippen LogP contribution is -2.40. The van der Waals surface area contributed by atoms with Crippen LogP contribution in [0.25, 0.3) is 0 Å². The van der Waals surface area contributed by atoms with E-state index in [0.29, 0.717) is 6.42 Å². The van der Waals surface area contributed by atoms with E-state index in [-0.39, 0.29) is 18.3 Å². The number of carbonyl (C=O) groups is 1. The second-order valence-electron chi connectivity index (χ2n) is 5.10. The van der Waals surface area contributed by atoms with Crippen LogP contribution >= 0.6 is 12.0 Å². The van der Waals surface area contributed by atoms with Crippen LogP contribution in [-0.2, 0) is 33.2 Å². The van der Waals surface area contributed by atoms with Gasteiger partial charge in [-0.2, -0.15) is 17.2 Å². The highest BCUT2D eigenvalue weighted by Gasteiger charge is 2.66. The molecular weight excluding hydrogens is 338 g/mol. The molecular formula is C9H10F2O8S2. The van der Waals surface area contributed by atoms with Gasteiger partial charge in [-0.15, -0.1) is 4.33 Å². The molecule has 1 saturated heterocycles. The van der Waals surface area contributed by atoms with Crippen LogP contribution in [0.2, 0.25) is 0 Å². The molecule has 2 bridgehead atoms. The molecule has 0 aromatic carbocycles. The Morgan fingerprint density at radius 2 is 2.10 bits per heavy atom. The van der Waals surface area contributed by atoms with E-state index < -0.39 is 50.8 Å². The summed E-state index contributed by atoms with van der Waals surface area (Å²) in [4.78, 5) is 11.4. The van der Waals surface area contributed by atoms with Crippen molar-refractivity contribution in [1.82, 2.24) is 0 Å². The molecule has 3 aliphatic rings. The van der Waals surface area contributed by atoms with Crippen LogP contribution in [0.15, 0.2) is 0 Å². The summed E-state index contributed by atoms with van der Waals surface area (Å²) < 4.78 is 63.1. The first-order chi connectivity index (χ1) is 9.76. The lowest BCUT2D eigenvalue weighted by atomic mass is 9.94. The first kappa shape index (κ1) is 15.4. The molecule has 0 aromatic heterocycles. The van der Waals surface area contributed by atoms with Crippen molar-refractivity contribution in [3.05, 3.63) is 0 Å². The third-order valence-electron chi connectivity index (χ3n) is 4.06. The summed E-state index contributed by atoms with van der Waals surface area (Å²) >= 11 is -0.730. The van der Waals surface area contributed by atoms with E-state index >= 15 is 0 Å². The van der Waals surface area contributed by atoms with Crippen molar-refractivity contribution in [2.45, 2.75) is 35.6 Å². The molecule has 5 atom stereocenters. The molecule has 120 valence electrons. The molecule has 1 heterocycles. The summed E-state index contributed by atoms with van der Waals surface area (Å²) in [5.74, 6) is -2.55. The van der Waals surface area contributed by atoms with Gasteiger partial charge in [0.05, 0.1) is 5.25 Å². The normalized spacial score (nSPS) is 39.7. The van der Waals surface area contributed by atoms with Gasteiger partial charge < -0.3 is 4.74 Å². The maximum absolute atomic E-state index is 13.3. The van der Waals surface area contributed by atoms with Gasteiger partial charge in [0.15, 0.2) is 0 Å². The van der Waals surface area contributed by atoms with Gasteiger partial charge in [0.2, 0.25) is 0 Å². The highest BCUT2D eigenvalue weighted by molar-refractivity contribution is 7.96. The highest BCUT2D eigenvalue weighted by atomic mass is 32.2. The molecule has 1 N–H and O–H groups in total. The molecule has 0 spiro atoms. The number of carbonyl (C=O) groups excluding carboxylic acids is 1. The first-order valence-electron chi connectivity index (χ1n) is 5.93. The van der Waals surface area contributed by atoms with Gasteiger partial charge in [0.25, 0.3) is 10.1 Å². The number of halogens is 2. The number of fused-ring (bicyclic) bond motifs is 1. The van der Waals surface area contributed by atoms with E-state index in [4.69, 9.17) is 14.2 Å². The fraction of sp³-hybridized carbons (Fsp3) is 0.889. The number of alkyl halides is 2. The zero-order chi connectivity index (χ0) is 15.4. The number of hydrogen-bond acceptors (Lipinski definition) is 9. The molecule has 2 aliphatic carbocycles. The summed E-state index contributed by atoms with van der Waals surface area (Å²) in [6, 6.07) is 0. The molecule has 0 amide bonds. The van der Waals surface area contributed by atoms with Gasteiger partial charge in [0, 0.05) is 11.8 Å². The van der Waals surface area contributed by atoms with Crippen LogP contribution < -0.4 is 0 Å². The third kappa shape index (κ3) is 2.43. The molecule has 5 unspecified atom stereocenters. The van der Waals surface area contributed by atoms with Gasteiger partial charge in [-0.3, -0.25) is 4.18 Å². The average Bonchev–Trinajstić information content (AvgIpc) is 3.00. The Labute approximate surface area is 121 Å². The number of ether oxygens (including phenoxy) is 1. The largest absolute Gasteiger partial charge is 0.454 e. The van der Waals surface area contributed by atoms with Gasteiger partial charge in [0.1, 0.15) is 24.3 Å². The lowest BCUT2D eigenvalue weighted by Gasteiger charge is -2.26. The smallest absolute Gasteiger partial charge is 0.415 e. The minimum Gasteiger partial charge on any atom is -0.454 e. The molecule has 21 heavy (non-hydrogen) atoms. The van der Waals surface area contributed by atoms with Crippen LogP contribution in [0.1, 0.15) is 12.8 Å². The van der Waals surface area contributed by atoms with Crippen LogP contribution in [0, 0.1) is 11.8 Å². The molecule has 3 fully saturated rings. The van der Waals surface area contributed by atoms with Crippen molar-refractivity contribution in [3.8, 4) is 0 Å². The van der Waals surface area contributed by atoms with Crippen LogP contribution in [0.4, 0.5) is 8.78 Å². The maximum atomic E-state index is 13.3. The number of hydrogen-bond donors (Lipinski definition) is 1. The molecule has 2 saturated carbocycles. The minimum atomic E-state index is -4.11. The Balaban J connectivity index is 1.69. The van der Waals surface area contributed by atoms with E-state index in [2.05, 4.69) is 9.37 Å². The minimum absolute atomic E-state index is 0.233. The second kappa shape index (κ2) is 4.99. The summed E-state index contributed by atoms with van der Waals surface area (Å²) in [6.07, 6.45) is -1.24. The Kier molecular flexibility index (Phi) is 3.65. The predicted octanol–water partition coefficient (Wildman–Crippen LogP) is 0.697. The predicted molar refractivity (Wildman–Crippen MR) is 61.0 cm³/mol. The van der Waals surface area contributed by atoms with E-state index in [9.17, 15) is 22.0 Å². The summed E-state index contributed by atoms with van der Waals surface area (Å²) in [7, 11) is -3.71. The molecule has 1 aliphatic heterocycles. The van der Waals surface area contributed by atoms with E-state index in [1.165, 1.54) is 0 Å². The van der Waals surface area contributed by atoms with Gasteiger partial charge in [-0.1, -0.05) is 5.04 Å². The topological polar surface area (TPSA) is 108 Å².